The molecule has 0 spiro atoms. The van der Waals surface area contributed by atoms with E-state index in [-0.39, 0.29) is 11.9 Å². The normalized spacial score (nSPS) is 12.5. The molecule has 0 unspecified atom stereocenters. The summed E-state index contributed by atoms with van der Waals surface area (Å²) in [5, 5.41) is 2.85. The van der Waals surface area contributed by atoms with E-state index in [1.807, 2.05) is 0 Å². The minimum Gasteiger partial charge on any atom is -0.311 e. The van der Waals surface area contributed by atoms with E-state index < -0.39 is 0 Å². The molecule has 0 aliphatic heterocycles. The molecule has 0 aliphatic rings. The highest BCUT2D eigenvalue weighted by atomic mass is 19.1. The monoisotopic (exact) mass is 181 g/mol. The van der Waals surface area contributed by atoms with E-state index in [1.54, 1.807) is 19.2 Å². The van der Waals surface area contributed by atoms with Crippen LogP contribution in [0.3, 0.4) is 0 Å². The molecule has 0 radical (unpaired) electrons. The first kappa shape index (κ1) is 9.86. The molecule has 0 amide bonds. The van der Waals surface area contributed by atoms with Crippen molar-refractivity contribution in [2.45, 2.75) is 12.5 Å². The number of carbonyl (C=O) groups excluding carboxylic acids is 1. The van der Waals surface area contributed by atoms with E-state index in [4.69, 9.17) is 0 Å². The molecule has 1 N–H and O–H groups in total. The molecule has 0 aromatic heterocycles. The van der Waals surface area contributed by atoms with Crippen molar-refractivity contribution < 1.29 is 9.18 Å². The lowest BCUT2D eigenvalue weighted by Gasteiger charge is -2.07. The molecule has 2 nitrogen and oxygen atoms in total. The van der Waals surface area contributed by atoms with Gasteiger partial charge in [0.1, 0.15) is 12.1 Å². The number of likely N-dealkylation sites (N-methyl/N-ethyl adjacent to an activating group) is 1. The summed E-state index contributed by atoms with van der Waals surface area (Å²) in [7, 11) is 1.72. The highest BCUT2D eigenvalue weighted by Gasteiger charge is 2.04. The predicted octanol–water partition coefficient (Wildman–Crippen LogP) is 1.16. The molecule has 0 bridgehead atoms. The Labute approximate surface area is 76.8 Å². The zero-order valence-electron chi connectivity index (χ0n) is 7.46. The molecular formula is C10H12FNO. The fourth-order valence-corrected chi connectivity index (χ4v) is 1.09. The lowest BCUT2D eigenvalue weighted by molar-refractivity contribution is -0.109. The second-order valence-electron chi connectivity index (χ2n) is 2.86. The lowest BCUT2D eigenvalue weighted by Crippen LogP contribution is -2.28. The summed E-state index contributed by atoms with van der Waals surface area (Å²) >= 11 is 0. The molecule has 3 heteroatoms. The highest BCUT2D eigenvalue weighted by molar-refractivity contribution is 5.58. The van der Waals surface area contributed by atoms with Crippen molar-refractivity contribution in [3.05, 3.63) is 35.6 Å². The van der Waals surface area contributed by atoms with Gasteiger partial charge in [0.2, 0.25) is 0 Å². The van der Waals surface area contributed by atoms with Gasteiger partial charge in [0.15, 0.2) is 0 Å². The molecule has 1 aromatic rings. The smallest absolute Gasteiger partial charge is 0.137 e. The molecule has 0 fully saturated rings. The van der Waals surface area contributed by atoms with Gasteiger partial charge in [-0.2, -0.15) is 0 Å². The Kier molecular flexibility index (Phi) is 3.58. The van der Waals surface area contributed by atoms with Crippen molar-refractivity contribution in [3.63, 3.8) is 0 Å². The van der Waals surface area contributed by atoms with Gasteiger partial charge in [0, 0.05) is 0 Å². The van der Waals surface area contributed by atoms with Crippen LogP contribution in [0.25, 0.3) is 0 Å². The van der Waals surface area contributed by atoms with Gasteiger partial charge in [-0.15, -0.1) is 0 Å². The summed E-state index contributed by atoms with van der Waals surface area (Å²) < 4.78 is 12.5. The number of benzene rings is 1. The first-order valence-electron chi connectivity index (χ1n) is 4.13. The summed E-state index contributed by atoms with van der Waals surface area (Å²) in [5.41, 5.74) is 0.952. The molecule has 1 atom stereocenters. The van der Waals surface area contributed by atoms with E-state index in [9.17, 15) is 9.18 Å². The summed E-state index contributed by atoms with van der Waals surface area (Å²) in [6.07, 6.45) is 1.45. The van der Waals surface area contributed by atoms with Crippen molar-refractivity contribution in [2.75, 3.05) is 7.05 Å². The quantitative estimate of drug-likeness (QED) is 0.706. The Morgan fingerprint density at radius 3 is 2.54 bits per heavy atom. The van der Waals surface area contributed by atoms with Crippen LogP contribution in [-0.4, -0.2) is 19.4 Å². The number of rotatable bonds is 4. The highest BCUT2D eigenvalue weighted by Crippen LogP contribution is 2.04. The van der Waals surface area contributed by atoms with Gasteiger partial charge < -0.3 is 10.1 Å². The van der Waals surface area contributed by atoms with E-state index in [2.05, 4.69) is 5.32 Å². The predicted molar refractivity (Wildman–Crippen MR) is 49.0 cm³/mol. The van der Waals surface area contributed by atoms with Crippen LogP contribution in [0.2, 0.25) is 0 Å². The van der Waals surface area contributed by atoms with E-state index in [1.165, 1.54) is 12.1 Å². The minimum absolute atomic E-state index is 0.189. The first-order chi connectivity index (χ1) is 6.26. The maximum Gasteiger partial charge on any atom is 0.137 e. The SMILES string of the molecule is CN[C@H](C=O)Cc1ccc(F)cc1. The average Bonchev–Trinajstić information content (AvgIpc) is 2.17. The van der Waals surface area contributed by atoms with Gasteiger partial charge in [-0.3, -0.25) is 0 Å². The van der Waals surface area contributed by atoms with Crippen molar-refractivity contribution >= 4 is 6.29 Å². The Morgan fingerprint density at radius 1 is 1.46 bits per heavy atom. The van der Waals surface area contributed by atoms with Crippen LogP contribution in [0.5, 0.6) is 0 Å². The van der Waals surface area contributed by atoms with E-state index in [0.29, 0.717) is 6.42 Å². The third-order valence-electron chi connectivity index (χ3n) is 1.90. The third-order valence-corrected chi connectivity index (χ3v) is 1.90. The number of hydrogen-bond donors (Lipinski definition) is 1. The van der Waals surface area contributed by atoms with Gasteiger partial charge in [0.05, 0.1) is 6.04 Å². The lowest BCUT2D eigenvalue weighted by atomic mass is 10.1. The van der Waals surface area contributed by atoms with Gasteiger partial charge in [-0.25, -0.2) is 4.39 Å². The minimum atomic E-state index is -0.254. The first-order valence-corrected chi connectivity index (χ1v) is 4.13. The number of halogens is 1. The van der Waals surface area contributed by atoms with Crippen LogP contribution in [-0.2, 0) is 11.2 Å². The van der Waals surface area contributed by atoms with Gasteiger partial charge in [-0.05, 0) is 31.2 Å². The Morgan fingerprint density at radius 2 is 2.08 bits per heavy atom. The van der Waals surface area contributed by atoms with Gasteiger partial charge in [-0.1, -0.05) is 12.1 Å². The fourth-order valence-electron chi connectivity index (χ4n) is 1.09. The average molecular weight is 181 g/mol. The van der Waals surface area contributed by atoms with Crippen LogP contribution in [0.15, 0.2) is 24.3 Å². The molecule has 0 saturated carbocycles. The topological polar surface area (TPSA) is 29.1 Å². The zero-order valence-corrected chi connectivity index (χ0v) is 7.46. The van der Waals surface area contributed by atoms with E-state index >= 15 is 0 Å². The van der Waals surface area contributed by atoms with E-state index in [0.717, 1.165) is 11.8 Å². The van der Waals surface area contributed by atoms with Crippen LogP contribution >= 0.6 is 0 Å². The van der Waals surface area contributed by atoms with Crippen LogP contribution in [0.4, 0.5) is 4.39 Å². The van der Waals surface area contributed by atoms with Crippen molar-refractivity contribution in [3.8, 4) is 0 Å². The Hall–Kier alpha value is -1.22. The van der Waals surface area contributed by atoms with Gasteiger partial charge >= 0.3 is 0 Å². The van der Waals surface area contributed by atoms with Crippen molar-refractivity contribution in [1.29, 1.82) is 0 Å². The molecular weight excluding hydrogens is 169 g/mol. The molecule has 13 heavy (non-hydrogen) atoms. The van der Waals surface area contributed by atoms with Crippen molar-refractivity contribution in [2.24, 2.45) is 0 Å². The summed E-state index contributed by atoms with van der Waals surface area (Å²) in [6, 6.07) is 5.97. The van der Waals surface area contributed by atoms with Crippen molar-refractivity contribution in [1.82, 2.24) is 5.32 Å². The second kappa shape index (κ2) is 4.72. The molecule has 0 aliphatic carbocycles. The molecule has 1 aromatic carbocycles. The van der Waals surface area contributed by atoms with Crippen LogP contribution in [0, 0.1) is 5.82 Å². The standard InChI is InChI=1S/C10H12FNO/c1-12-10(7-13)6-8-2-4-9(11)5-3-8/h2-5,7,10,12H,6H2,1H3/t10-/m0/s1. The Bertz CT molecular complexity index is 271. The largest absolute Gasteiger partial charge is 0.311 e. The molecule has 70 valence electrons. The third kappa shape index (κ3) is 2.95. The van der Waals surface area contributed by atoms with Crippen LogP contribution < -0.4 is 5.32 Å². The number of carbonyl (C=O) groups is 1. The summed E-state index contributed by atoms with van der Waals surface area (Å²) in [6.45, 7) is 0. The second-order valence-corrected chi connectivity index (χ2v) is 2.86. The summed E-state index contributed by atoms with van der Waals surface area (Å²) in [5.74, 6) is -0.254. The maximum absolute atomic E-state index is 12.5. The number of aldehydes is 1. The molecule has 0 heterocycles. The summed E-state index contributed by atoms with van der Waals surface area (Å²) in [4.78, 5) is 10.5. The molecule has 0 saturated heterocycles. The number of hydrogen-bond acceptors (Lipinski definition) is 2. The number of nitrogens with one attached hydrogen (secondary N) is 1. The molecule has 1 rings (SSSR count). The zero-order chi connectivity index (χ0) is 9.68. The fraction of sp³-hybridized carbons (Fsp3) is 0.300. The maximum atomic E-state index is 12.5. The van der Waals surface area contributed by atoms with Gasteiger partial charge in [0.25, 0.3) is 0 Å². The Balaban J connectivity index is 2.63. The van der Waals surface area contributed by atoms with Crippen LogP contribution in [0.1, 0.15) is 5.56 Å².